The highest BCUT2D eigenvalue weighted by Crippen LogP contribution is 1.92. The standard InChI is InChI=1S/C6H14N2O2S/c1-11(9,10)5-6-4-7-2-3-8-6/h6-8H,2-5H2,1H3. The van der Waals surface area contributed by atoms with E-state index in [1.807, 2.05) is 0 Å². The summed E-state index contributed by atoms with van der Waals surface area (Å²) in [5.74, 6) is 0.236. The summed E-state index contributed by atoms with van der Waals surface area (Å²) in [6.07, 6.45) is 1.27. The van der Waals surface area contributed by atoms with Crippen LogP contribution in [0.2, 0.25) is 0 Å². The highest BCUT2D eigenvalue weighted by atomic mass is 32.2. The van der Waals surface area contributed by atoms with Crippen molar-refractivity contribution in [3.8, 4) is 0 Å². The molecule has 1 unspecified atom stereocenters. The van der Waals surface area contributed by atoms with Gasteiger partial charge in [0.2, 0.25) is 0 Å². The molecule has 5 heteroatoms. The fourth-order valence-corrected chi connectivity index (χ4v) is 2.16. The zero-order valence-corrected chi connectivity index (χ0v) is 7.45. The van der Waals surface area contributed by atoms with Crippen LogP contribution in [0.4, 0.5) is 0 Å². The van der Waals surface area contributed by atoms with Crippen LogP contribution >= 0.6 is 0 Å². The van der Waals surface area contributed by atoms with Crippen molar-refractivity contribution < 1.29 is 8.42 Å². The molecule has 0 aliphatic carbocycles. The molecule has 1 heterocycles. The van der Waals surface area contributed by atoms with E-state index in [4.69, 9.17) is 0 Å². The van der Waals surface area contributed by atoms with E-state index in [9.17, 15) is 8.42 Å². The fourth-order valence-electron chi connectivity index (χ4n) is 1.20. The Labute approximate surface area is 67.3 Å². The Kier molecular flexibility index (Phi) is 2.86. The number of rotatable bonds is 2. The monoisotopic (exact) mass is 178 g/mol. The highest BCUT2D eigenvalue weighted by Gasteiger charge is 2.16. The first-order valence-corrected chi connectivity index (χ1v) is 5.76. The minimum atomic E-state index is -2.83. The minimum Gasteiger partial charge on any atom is -0.314 e. The molecule has 1 aliphatic rings. The summed E-state index contributed by atoms with van der Waals surface area (Å²) in [4.78, 5) is 0. The average Bonchev–Trinajstić information content (AvgIpc) is 1.85. The van der Waals surface area contributed by atoms with Crippen molar-refractivity contribution >= 4 is 9.84 Å². The van der Waals surface area contributed by atoms with E-state index in [2.05, 4.69) is 10.6 Å². The van der Waals surface area contributed by atoms with Crippen molar-refractivity contribution in [1.29, 1.82) is 0 Å². The predicted octanol–water partition coefficient (Wildman–Crippen LogP) is -1.41. The highest BCUT2D eigenvalue weighted by molar-refractivity contribution is 7.90. The molecule has 11 heavy (non-hydrogen) atoms. The van der Waals surface area contributed by atoms with Gasteiger partial charge < -0.3 is 10.6 Å². The average molecular weight is 178 g/mol. The molecule has 0 amide bonds. The van der Waals surface area contributed by atoms with Crippen molar-refractivity contribution in [2.24, 2.45) is 0 Å². The molecule has 0 aromatic rings. The molecule has 4 nitrogen and oxygen atoms in total. The van der Waals surface area contributed by atoms with Crippen LogP contribution in [0, 0.1) is 0 Å². The van der Waals surface area contributed by atoms with E-state index >= 15 is 0 Å². The lowest BCUT2D eigenvalue weighted by Gasteiger charge is -2.23. The van der Waals surface area contributed by atoms with E-state index < -0.39 is 9.84 Å². The van der Waals surface area contributed by atoms with E-state index in [-0.39, 0.29) is 11.8 Å². The third kappa shape index (κ3) is 3.69. The van der Waals surface area contributed by atoms with Crippen LogP contribution in [0.1, 0.15) is 0 Å². The van der Waals surface area contributed by atoms with Gasteiger partial charge in [-0.15, -0.1) is 0 Å². The first-order chi connectivity index (χ1) is 5.08. The van der Waals surface area contributed by atoms with Gasteiger partial charge in [-0.3, -0.25) is 0 Å². The maximum atomic E-state index is 10.8. The maximum absolute atomic E-state index is 10.8. The Hall–Kier alpha value is -0.130. The molecule has 0 bridgehead atoms. The number of hydrogen-bond donors (Lipinski definition) is 2. The summed E-state index contributed by atoms with van der Waals surface area (Å²) in [5, 5.41) is 6.26. The molecule has 66 valence electrons. The number of nitrogens with one attached hydrogen (secondary N) is 2. The molecule has 0 saturated carbocycles. The Morgan fingerprint density at radius 3 is 2.64 bits per heavy atom. The maximum Gasteiger partial charge on any atom is 0.149 e. The van der Waals surface area contributed by atoms with E-state index in [1.165, 1.54) is 6.26 Å². The van der Waals surface area contributed by atoms with E-state index in [0.29, 0.717) is 0 Å². The molecule has 1 atom stereocenters. The van der Waals surface area contributed by atoms with Crippen LogP contribution in [0.25, 0.3) is 0 Å². The predicted molar refractivity (Wildman–Crippen MR) is 44.4 cm³/mol. The van der Waals surface area contributed by atoms with Crippen LogP contribution in [-0.4, -0.2) is 46.1 Å². The smallest absolute Gasteiger partial charge is 0.149 e. The second-order valence-corrected chi connectivity index (χ2v) is 5.13. The molecule has 1 aliphatic heterocycles. The van der Waals surface area contributed by atoms with Crippen LogP contribution in [0.3, 0.4) is 0 Å². The van der Waals surface area contributed by atoms with Gasteiger partial charge in [0.1, 0.15) is 9.84 Å². The molecule has 1 saturated heterocycles. The molecule has 1 fully saturated rings. The zero-order chi connectivity index (χ0) is 8.32. The summed E-state index contributed by atoms with van der Waals surface area (Å²) in [6.45, 7) is 2.55. The second kappa shape index (κ2) is 3.51. The van der Waals surface area contributed by atoms with Crippen molar-refractivity contribution in [3.05, 3.63) is 0 Å². The number of sulfone groups is 1. The molecular weight excluding hydrogens is 164 g/mol. The molecular formula is C6H14N2O2S. The van der Waals surface area contributed by atoms with Crippen molar-refractivity contribution in [2.75, 3.05) is 31.6 Å². The van der Waals surface area contributed by atoms with Gasteiger partial charge in [-0.25, -0.2) is 8.42 Å². The lowest BCUT2D eigenvalue weighted by molar-refractivity contribution is 0.441. The molecule has 0 spiro atoms. The summed E-state index contributed by atoms with van der Waals surface area (Å²) < 4.78 is 21.7. The SMILES string of the molecule is CS(=O)(=O)CC1CNCCN1. The lowest BCUT2D eigenvalue weighted by Crippen LogP contribution is -2.51. The van der Waals surface area contributed by atoms with Gasteiger partial charge in [-0.1, -0.05) is 0 Å². The zero-order valence-electron chi connectivity index (χ0n) is 6.63. The van der Waals surface area contributed by atoms with Gasteiger partial charge in [0.25, 0.3) is 0 Å². The number of piperazine rings is 1. The van der Waals surface area contributed by atoms with Gasteiger partial charge in [0.05, 0.1) is 5.75 Å². The van der Waals surface area contributed by atoms with Crippen molar-refractivity contribution in [2.45, 2.75) is 6.04 Å². The third-order valence-corrected chi connectivity index (χ3v) is 2.64. The summed E-state index contributed by atoms with van der Waals surface area (Å²) in [5.41, 5.74) is 0. The van der Waals surface area contributed by atoms with Crippen LogP contribution in [-0.2, 0) is 9.84 Å². The van der Waals surface area contributed by atoms with Gasteiger partial charge in [-0.05, 0) is 0 Å². The molecule has 0 aromatic heterocycles. The summed E-state index contributed by atoms with van der Waals surface area (Å²) in [7, 11) is -2.83. The Bertz CT molecular complexity index is 207. The Morgan fingerprint density at radius 2 is 2.18 bits per heavy atom. The Morgan fingerprint density at radius 1 is 1.45 bits per heavy atom. The normalized spacial score (nSPS) is 26.8. The summed E-state index contributed by atoms with van der Waals surface area (Å²) >= 11 is 0. The second-order valence-electron chi connectivity index (χ2n) is 2.95. The quantitative estimate of drug-likeness (QED) is 0.545. The van der Waals surface area contributed by atoms with Gasteiger partial charge in [0, 0.05) is 31.9 Å². The van der Waals surface area contributed by atoms with Crippen molar-refractivity contribution in [3.63, 3.8) is 0 Å². The van der Waals surface area contributed by atoms with Crippen LogP contribution in [0.15, 0.2) is 0 Å². The molecule has 0 aromatic carbocycles. The first-order valence-electron chi connectivity index (χ1n) is 3.70. The molecule has 1 rings (SSSR count). The summed E-state index contributed by atoms with van der Waals surface area (Å²) in [6, 6.07) is 0.0961. The van der Waals surface area contributed by atoms with Crippen molar-refractivity contribution in [1.82, 2.24) is 10.6 Å². The number of hydrogen-bond acceptors (Lipinski definition) is 4. The van der Waals surface area contributed by atoms with E-state index in [1.54, 1.807) is 0 Å². The Balaban J connectivity index is 2.36. The van der Waals surface area contributed by atoms with Gasteiger partial charge >= 0.3 is 0 Å². The molecule has 0 radical (unpaired) electrons. The van der Waals surface area contributed by atoms with Gasteiger partial charge in [0.15, 0.2) is 0 Å². The fraction of sp³-hybridized carbons (Fsp3) is 1.00. The van der Waals surface area contributed by atoms with Gasteiger partial charge in [-0.2, -0.15) is 0 Å². The van der Waals surface area contributed by atoms with E-state index in [0.717, 1.165) is 19.6 Å². The minimum absolute atomic E-state index is 0.0961. The molecule has 2 N–H and O–H groups in total. The first kappa shape index (κ1) is 8.96. The van der Waals surface area contributed by atoms with Crippen LogP contribution in [0.5, 0.6) is 0 Å². The van der Waals surface area contributed by atoms with Crippen LogP contribution < -0.4 is 10.6 Å². The topological polar surface area (TPSA) is 58.2 Å². The lowest BCUT2D eigenvalue weighted by atomic mass is 10.3. The third-order valence-electron chi connectivity index (χ3n) is 1.63. The largest absolute Gasteiger partial charge is 0.314 e.